The maximum Gasteiger partial charge on any atom is 0.407 e. The molecule has 0 saturated heterocycles. The number of rotatable bonds is 6. The number of carbonyl (C=O) groups is 2. The summed E-state index contributed by atoms with van der Waals surface area (Å²) in [5.41, 5.74) is -0.585. The number of nitrogens with one attached hydrogen (secondary N) is 1. The van der Waals surface area contributed by atoms with Crippen molar-refractivity contribution in [3.05, 3.63) is 0 Å². The molecule has 0 bridgehead atoms. The van der Waals surface area contributed by atoms with E-state index < -0.39 is 23.7 Å². The van der Waals surface area contributed by atoms with Crippen LogP contribution in [-0.4, -0.2) is 50.8 Å². The van der Waals surface area contributed by atoms with Gasteiger partial charge in [0.15, 0.2) is 0 Å². The Kier molecular flexibility index (Phi) is 7.89. The summed E-state index contributed by atoms with van der Waals surface area (Å²) < 4.78 is 16.1. The second kappa shape index (κ2) is 9.16. The van der Waals surface area contributed by atoms with Crippen molar-refractivity contribution in [2.45, 2.75) is 70.9 Å². The Morgan fingerprint density at radius 1 is 1.26 bits per heavy atom. The van der Waals surface area contributed by atoms with Gasteiger partial charge in [0.1, 0.15) is 12.9 Å². The number of alkyl carbamates (subject to hydrolysis) is 1. The number of methoxy groups -OCH3 is 1. The maximum absolute atomic E-state index is 12.3. The smallest absolute Gasteiger partial charge is 0.407 e. The van der Waals surface area contributed by atoms with Crippen molar-refractivity contribution in [3.8, 4) is 0 Å². The van der Waals surface area contributed by atoms with Crippen LogP contribution in [0, 0.1) is 5.92 Å². The summed E-state index contributed by atoms with van der Waals surface area (Å²) in [5, 5.41) is 2.81. The lowest BCUT2D eigenvalue weighted by atomic mass is 9.78. The van der Waals surface area contributed by atoms with Crippen LogP contribution in [0.1, 0.15) is 40.0 Å². The van der Waals surface area contributed by atoms with E-state index in [1.54, 1.807) is 27.9 Å². The summed E-state index contributed by atoms with van der Waals surface area (Å²) >= 11 is 0. The van der Waals surface area contributed by atoms with Gasteiger partial charge in [-0.1, -0.05) is 6.82 Å². The third-order valence-electron chi connectivity index (χ3n) is 3.87. The van der Waals surface area contributed by atoms with Crippen molar-refractivity contribution < 1.29 is 23.8 Å². The molecule has 0 heterocycles. The zero-order chi connectivity index (χ0) is 17.5. The monoisotopic (exact) mass is 327 g/mol. The first-order valence-electron chi connectivity index (χ1n) is 8.47. The van der Waals surface area contributed by atoms with E-state index >= 15 is 0 Å². The van der Waals surface area contributed by atoms with Crippen LogP contribution in [-0.2, 0) is 19.0 Å². The molecule has 6 nitrogen and oxygen atoms in total. The van der Waals surface area contributed by atoms with Crippen LogP contribution in [0.2, 0.25) is 13.1 Å². The third-order valence-corrected chi connectivity index (χ3v) is 3.87. The van der Waals surface area contributed by atoms with Crippen LogP contribution >= 0.6 is 0 Å². The number of esters is 1. The normalized spacial score (nSPS) is 24.7. The van der Waals surface area contributed by atoms with Crippen LogP contribution in [0.3, 0.4) is 0 Å². The highest BCUT2D eigenvalue weighted by Crippen LogP contribution is 2.28. The van der Waals surface area contributed by atoms with E-state index in [0.717, 1.165) is 26.4 Å². The van der Waals surface area contributed by atoms with Crippen molar-refractivity contribution in [2.24, 2.45) is 5.92 Å². The largest absolute Gasteiger partial charge is 0.466 e. The molecule has 1 saturated carbocycles. The minimum atomic E-state index is -0.585. The molecule has 1 amide bonds. The predicted molar refractivity (Wildman–Crippen MR) is 90.1 cm³/mol. The Morgan fingerprint density at radius 2 is 1.96 bits per heavy atom. The molecule has 0 spiro atoms. The summed E-state index contributed by atoms with van der Waals surface area (Å²) in [6, 6.07) is -0.419. The minimum absolute atomic E-state index is 0.208. The maximum atomic E-state index is 12.3. The quantitative estimate of drug-likeness (QED) is 0.460. The second-order valence-electron chi connectivity index (χ2n) is 7.00. The number of ether oxygens (including phenoxy) is 3. The molecule has 0 aromatic carbocycles. The van der Waals surface area contributed by atoms with Crippen LogP contribution < -0.4 is 5.32 Å². The average Bonchev–Trinajstić information content (AvgIpc) is 2.45. The molecular formula is C16H30BNO5. The van der Waals surface area contributed by atoms with Crippen LogP contribution in [0.4, 0.5) is 4.79 Å². The minimum Gasteiger partial charge on any atom is -0.466 e. The second-order valence-corrected chi connectivity index (χ2v) is 7.00. The Labute approximate surface area is 139 Å². The Hall–Kier alpha value is -1.24. The van der Waals surface area contributed by atoms with Crippen molar-refractivity contribution in [1.82, 2.24) is 5.32 Å². The summed E-state index contributed by atoms with van der Waals surface area (Å²) in [7, 11) is 2.57. The predicted octanol–water partition coefficient (Wildman–Crippen LogP) is 2.14. The molecule has 0 radical (unpaired) electrons. The molecule has 132 valence electrons. The highest BCUT2D eigenvalue weighted by Gasteiger charge is 2.40. The molecule has 0 aliphatic heterocycles. The zero-order valence-electron chi connectivity index (χ0n) is 15.0. The molecule has 1 rings (SSSR count). The highest BCUT2D eigenvalue weighted by molar-refractivity contribution is 6.33. The first kappa shape index (κ1) is 19.8. The zero-order valence-corrected chi connectivity index (χ0v) is 15.0. The van der Waals surface area contributed by atoms with Gasteiger partial charge in [-0.05, 0) is 46.4 Å². The number of hydrogen-bond acceptors (Lipinski definition) is 5. The molecule has 0 aromatic rings. The lowest BCUT2D eigenvalue weighted by molar-refractivity contribution is -0.152. The number of amides is 1. The van der Waals surface area contributed by atoms with Crippen molar-refractivity contribution >= 4 is 19.3 Å². The first-order valence-corrected chi connectivity index (χ1v) is 8.47. The highest BCUT2D eigenvalue weighted by atomic mass is 16.6. The van der Waals surface area contributed by atoms with Gasteiger partial charge < -0.3 is 19.5 Å². The van der Waals surface area contributed by atoms with E-state index in [1.165, 1.54) is 0 Å². The molecular weight excluding hydrogens is 297 g/mol. The number of hydrogen-bond donors (Lipinski definition) is 1. The summed E-state index contributed by atoms with van der Waals surface area (Å²) in [6.45, 7) is 7.87. The van der Waals surface area contributed by atoms with Crippen molar-refractivity contribution in [3.63, 3.8) is 0 Å². The van der Waals surface area contributed by atoms with E-state index in [2.05, 4.69) is 5.32 Å². The number of carbonyl (C=O) groups excluding carboxylic acids is 2. The van der Waals surface area contributed by atoms with Gasteiger partial charge in [0.05, 0.1) is 24.7 Å². The molecule has 3 atom stereocenters. The summed E-state index contributed by atoms with van der Waals surface area (Å²) in [4.78, 5) is 24.4. The van der Waals surface area contributed by atoms with Gasteiger partial charge in [-0.3, -0.25) is 4.79 Å². The van der Waals surface area contributed by atoms with Gasteiger partial charge in [-0.2, -0.15) is 0 Å². The van der Waals surface area contributed by atoms with Crippen LogP contribution in [0.5, 0.6) is 0 Å². The van der Waals surface area contributed by atoms with E-state index in [1.807, 2.05) is 6.82 Å². The van der Waals surface area contributed by atoms with Gasteiger partial charge >= 0.3 is 12.1 Å². The molecule has 1 N–H and O–H groups in total. The van der Waals surface area contributed by atoms with Crippen LogP contribution in [0.15, 0.2) is 0 Å². The topological polar surface area (TPSA) is 73.9 Å². The Balaban J connectivity index is 2.72. The van der Waals surface area contributed by atoms with E-state index in [-0.39, 0.29) is 12.1 Å². The van der Waals surface area contributed by atoms with Gasteiger partial charge in [0.2, 0.25) is 0 Å². The van der Waals surface area contributed by atoms with Gasteiger partial charge in [0, 0.05) is 7.11 Å². The van der Waals surface area contributed by atoms with E-state index in [9.17, 15) is 9.59 Å². The fourth-order valence-electron chi connectivity index (χ4n) is 2.75. The molecule has 7 heteroatoms. The molecule has 1 fully saturated rings. The molecule has 1 aliphatic carbocycles. The first-order chi connectivity index (χ1) is 10.8. The summed E-state index contributed by atoms with van der Waals surface area (Å²) in [5.74, 6) is -0.653. The SMILES string of the molecule is CBCCOC(=O)[C@H]1CCC[C@@H](OC)[C@@H]1NC(=O)OC(C)(C)C. The van der Waals surface area contributed by atoms with E-state index in [4.69, 9.17) is 14.2 Å². The van der Waals surface area contributed by atoms with Gasteiger partial charge in [-0.25, -0.2) is 4.79 Å². The lowest BCUT2D eigenvalue weighted by Crippen LogP contribution is -2.54. The molecule has 0 unspecified atom stereocenters. The third kappa shape index (κ3) is 6.81. The average molecular weight is 327 g/mol. The van der Waals surface area contributed by atoms with Crippen LogP contribution in [0.25, 0.3) is 0 Å². The molecule has 1 aliphatic rings. The lowest BCUT2D eigenvalue weighted by Gasteiger charge is -2.36. The van der Waals surface area contributed by atoms with Crippen molar-refractivity contribution in [1.29, 1.82) is 0 Å². The standard InChI is InChI=1S/C16H30BNO5/c1-16(2,3)23-15(20)18-13-11(7-6-8-12(13)21-5)14(19)22-10-9-17-4/h11-13,17H,6-10H2,1-5H3,(H,18,20)/t11-,12+,13+/m0/s1. The fourth-order valence-corrected chi connectivity index (χ4v) is 2.75. The molecule has 23 heavy (non-hydrogen) atoms. The summed E-state index contributed by atoms with van der Waals surface area (Å²) in [6.07, 6.45) is 2.47. The van der Waals surface area contributed by atoms with Gasteiger partial charge in [0.25, 0.3) is 0 Å². The fraction of sp³-hybridized carbons (Fsp3) is 0.875. The van der Waals surface area contributed by atoms with Gasteiger partial charge in [-0.15, -0.1) is 0 Å². The molecule has 0 aromatic heterocycles. The Morgan fingerprint density at radius 3 is 2.52 bits per heavy atom. The Bertz CT molecular complexity index is 396. The van der Waals surface area contributed by atoms with E-state index in [0.29, 0.717) is 13.0 Å². The van der Waals surface area contributed by atoms with Crippen molar-refractivity contribution in [2.75, 3.05) is 13.7 Å².